The van der Waals surface area contributed by atoms with Crippen molar-refractivity contribution in [1.29, 1.82) is 0 Å². The Bertz CT molecular complexity index is 1610. The van der Waals surface area contributed by atoms with E-state index in [1.54, 1.807) is 37.3 Å². The second-order valence-corrected chi connectivity index (χ2v) is 13.1. The van der Waals surface area contributed by atoms with E-state index in [0.717, 1.165) is 10.5 Å². The summed E-state index contributed by atoms with van der Waals surface area (Å²) in [5.41, 5.74) is 1.57. The molecule has 0 spiro atoms. The van der Waals surface area contributed by atoms with E-state index >= 15 is 0 Å². The quantitative estimate of drug-likeness (QED) is 0.154. The zero-order chi connectivity index (χ0) is 40.0. The van der Waals surface area contributed by atoms with Crippen molar-refractivity contribution in [3.8, 4) is 0 Å². The molecule has 3 atom stereocenters. The van der Waals surface area contributed by atoms with Gasteiger partial charge in [0, 0.05) is 33.0 Å². The Labute approximate surface area is 320 Å². The number of rotatable bonds is 10. The van der Waals surface area contributed by atoms with Crippen LogP contribution >= 0.6 is 0 Å². The van der Waals surface area contributed by atoms with Gasteiger partial charge in [-0.15, -0.1) is 0 Å². The third-order valence-corrected chi connectivity index (χ3v) is 8.32. The smallest absolute Gasteiger partial charge is 0.246 e. The fraction of sp³-hybridized carbons (Fsp3) is 0.474. The van der Waals surface area contributed by atoms with Crippen LogP contribution in [-0.2, 0) is 56.1 Å². The number of carbonyl (C=O) groups is 8. The normalized spacial score (nSPS) is 19.4. The Balaban J connectivity index is 1.90. The van der Waals surface area contributed by atoms with E-state index in [2.05, 4.69) is 37.2 Å². The van der Waals surface area contributed by atoms with E-state index in [1.807, 2.05) is 30.3 Å². The molecule has 0 aliphatic carbocycles. The number of amides is 8. The number of hydrogen-bond donors (Lipinski definition) is 7. The van der Waals surface area contributed by atoms with Crippen molar-refractivity contribution in [2.24, 2.45) is 0 Å². The second kappa shape index (κ2) is 23.7. The Morgan fingerprint density at radius 1 is 0.782 bits per heavy atom. The third-order valence-electron chi connectivity index (χ3n) is 8.32. The minimum absolute atomic E-state index is 0.0367. The van der Waals surface area contributed by atoms with E-state index in [-0.39, 0.29) is 32.7 Å². The second-order valence-electron chi connectivity index (χ2n) is 13.1. The average Bonchev–Trinajstić information content (AvgIpc) is 3.16. The maximum absolute atomic E-state index is 14.2. The number of benzene rings is 2. The van der Waals surface area contributed by atoms with Crippen molar-refractivity contribution in [3.05, 3.63) is 71.8 Å². The first-order valence-electron chi connectivity index (χ1n) is 18.3. The maximum Gasteiger partial charge on any atom is 0.246 e. The molecule has 1 saturated heterocycles. The van der Waals surface area contributed by atoms with Gasteiger partial charge in [-0.3, -0.25) is 38.4 Å². The monoisotopic (exact) mass is 764 g/mol. The number of nitrogens with one attached hydrogen (secondary N) is 7. The summed E-state index contributed by atoms with van der Waals surface area (Å²) in [4.78, 5) is 105. The van der Waals surface area contributed by atoms with Crippen molar-refractivity contribution in [1.82, 2.24) is 42.1 Å². The van der Waals surface area contributed by atoms with E-state index in [1.165, 1.54) is 6.92 Å². The van der Waals surface area contributed by atoms with E-state index in [9.17, 15) is 38.4 Å². The molecule has 7 N–H and O–H groups in total. The molecule has 17 nitrogen and oxygen atoms in total. The summed E-state index contributed by atoms with van der Waals surface area (Å²) < 4.78 is 6.00. The van der Waals surface area contributed by atoms with Crippen LogP contribution in [0.1, 0.15) is 50.7 Å². The van der Waals surface area contributed by atoms with Crippen molar-refractivity contribution in [3.63, 3.8) is 0 Å². The number of ether oxygens (including phenoxy) is 1. The molecular weight excluding hydrogens is 712 g/mol. The Kier molecular flexibility index (Phi) is 18.8. The van der Waals surface area contributed by atoms with Gasteiger partial charge in [0.05, 0.1) is 45.3 Å². The van der Waals surface area contributed by atoms with Crippen LogP contribution in [0.5, 0.6) is 0 Å². The first-order chi connectivity index (χ1) is 26.4. The summed E-state index contributed by atoms with van der Waals surface area (Å²) in [5, 5.41) is 17.9. The third kappa shape index (κ3) is 17.7. The minimum atomic E-state index is -1.44. The highest BCUT2D eigenvalue weighted by Crippen LogP contribution is 2.09. The molecule has 17 heteroatoms. The fourth-order valence-corrected chi connectivity index (χ4v) is 5.49. The van der Waals surface area contributed by atoms with Gasteiger partial charge in [0.15, 0.2) is 0 Å². The van der Waals surface area contributed by atoms with Gasteiger partial charge >= 0.3 is 0 Å². The first kappa shape index (κ1) is 43.6. The summed E-state index contributed by atoms with van der Waals surface area (Å²) in [6, 6.07) is 15.5. The Morgan fingerprint density at radius 3 is 2.04 bits per heavy atom. The zero-order valence-corrected chi connectivity index (χ0v) is 31.3. The van der Waals surface area contributed by atoms with Crippen LogP contribution in [-0.4, -0.2) is 116 Å². The van der Waals surface area contributed by atoms with Gasteiger partial charge in [-0.2, -0.15) is 0 Å². The summed E-state index contributed by atoms with van der Waals surface area (Å²) in [6.07, 6.45) is 0.719. The molecule has 0 bridgehead atoms. The summed E-state index contributed by atoms with van der Waals surface area (Å²) >= 11 is 0. The lowest BCUT2D eigenvalue weighted by molar-refractivity contribution is -0.143. The average molecular weight is 765 g/mol. The molecule has 1 fully saturated rings. The molecule has 1 unspecified atom stereocenters. The lowest BCUT2D eigenvalue weighted by atomic mass is 10.0. The Morgan fingerprint density at radius 2 is 1.38 bits per heavy atom. The van der Waals surface area contributed by atoms with Crippen LogP contribution < -0.4 is 37.2 Å². The van der Waals surface area contributed by atoms with Crippen LogP contribution in [0, 0.1) is 0 Å². The van der Waals surface area contributed by atoms with Gasteiger partial charge in [-0.1, -0.05) is 60.7 Å². The SMILES string of the molecule is CC(=O)NCC(=O)N[C@H]1CC(=O)NCCCCCNC(=O)CNC(=O)CNC(=O)[C@@H](Cc2ccccc2)NC(=O)CN(CC(C)OCc2ccccc2)C1=O. The molecule has 3 rings (SSSR count). The van der Waals surface area contributed by atoms with Crippen LogP contribution in [0.15, 0.2) is 60.7 Å². The Hall–Kier alpha value is -5.84. The van der Waals surface area contributed by atoms with Crippen LogP contribution in [0.2, 0.25) is 0 Å². The predicted octanol–water partition coefficient (Wildman–Crippen LogP) is -1.19. The van der Waals surface area contributed by atoms with Crippen molar-refractivity contribution in [2.45, 2.75) is 70.7 Å². The summed E-state index contributed by atoms with van der Waals surface area (Å²) in [7, 11) is 0. The molecule has 2 aromatic rings. The standard InChI is InChI=1S/C38H52N8O9/c1-26(55-25-29-14-8-4-9-15-29)23-46-24-36(52)44-30(18-28-12-6-3-7-13-28)37(53)43-21-34(50)42-20-33(49)40-17-11-5-10-16-39-32(48)19-31(38(46)54)45-35(51)22-41-27(2)47/h3-4,6-9,12-15,26,30-31H,5,10-11,16-25H2,1-2H3,(H,39,48)(H,40,49)(H,41,47)(H,42,50)(H,43,53)(H,44,52)(H,45,51)/t26?,30-,31+/m1/s1. The van der Waals surface area contributed by atoms with Crippen LogP contribution in [0.4, 0.5) is 0 Å². The van der Waals surface area contributed by atoms with Gasteiger partial charge in [0.25, 0.3) is 0 Å². The molecule has 2 aromatic carbocycles. The van der Waals surface area contributed by atoms with Gasteiger partial charge in [-0.25, -0.2) is 0 Å². The van der Waals surface area contributed by atoms with Crippen molar-refractivity contribution >= 4 is 47.3 Å². The highest BCUT2D eigenvalue weighted by molar-refractivity contribution is 5.96. The maximum atomic E-state index is 14.2. The van der Waals surface area contributed by atoms with Gasteiger partial charge < -0.3 is 46.9 Å². The molecule has 1 aliphatic rings. The fourth-order valence-electron chi connectivity index (χ4n) is 5.49. The molecule has 0 saturated carbocycles. The number of carbonyl (C=O) groups excluding carboxylic acids is 8. The summed E-state index contributed by atoms with van der Waals surface area (Å²) in [5.74, 6) is -4.99. The number of hydrogen-bond acceptors (Lipinski definition) is 9. The number of nitrogens with zero attached hydrogens (tertiary/aromatic N) is 1. The lowest BCUT2D eigenvalue weighted by Crippen LogP contribution is -2.57. The van der Waals surface area contributed by atoms with E-state index < -0.39 is 91.5 Å². The predicted molar refractivity (Wildman–Crippen MR) is 200 cm³/mol. The van der Waals surface area contributed by atoms with Crippen molar-refractivity contribution in [2.75, 3.05) is 45.8 Å². The molecule has 298 valence electrons. The molecule has 0 radical (unpaired) electrons. The molecule has 55 heavy (non-hydrogen) atoms. The molecule has 1 heterocycles. The van der Waals surface area contributed by atoms with Crippen LogP contribution in [0.25, 0.3) is 0 Å². The molecule has 8 amide bonds. The minimum Gasteiger partial charge on any atom is -0.372 e. The molecular formula is C38H52N8O9. The topological polar surface area (TPSA) is 233 Å². The first-order valence-corrected chi connectivity index (χ1v) is 18.3. The van der Waals surface area contributed by atoms with E-state index in [4.69, 9.17) is 4.74 Å². The van der Waals surface area contributed by atoms with Crippen LogP contribution in [0.3, 0.4) is 0 Å². The van der Waals surface area contributed by atoms with Crippen molar-refractivity contribution < 1.29 is 43.1 Å². The van der Waals surface area contributed by atoms with Gasteiger partial charge in [-0.05, 0) is 37.3 Å². The van der Waals surface area contributed by atoms with Gasteiger partial charge in [0.1, 0.15) is 12.1 Å². The van der Waals surface area contributed by atoms with E-state index in [0.29, 0.717) is 31.4 Å². The lowest BCUT2D eigenvalue weighted by Gasteiger charge is -2.30. The molecule has 0 aromatic heterocycles. The largest absolute Gasteiger partial charge is 0.372 e. The molecule has 1 aliphatic heterocycles. The van der Waals surface area contributed by atoms with Gasteiger partial charge in [0.2, 0.25) is 47.3 Å². The zero-order valence-electron chi connectivity index (χ0n) is 31.3. The summed E-state index contributed by atoms with van der Waals surface area (Å²) in [6.45, 7) is 1.77. The highest BCUT2D eigenvalue weighted by atomic mass is 16.5. The highest BCUT2D eigenvalue weighted by Gasteiger charge is 2.32.